The van der Waals surface area contributed by atoms with E-state index in [0.717, 1.165) is 53.6 Å². The third kappa shape index (κ3) is 6.53. The summed E-state index contributed by atoms with van der Waals surface area (Å²) in [6.45, 7) is 2.96. The minimum absolute atomic E-state index is 0.00570. The first-order valence-electron chi connectivity index (χ1n) is 17.4. The highest BCUT2D eigenvalue weighted by molar-refractivity contribution is 5.79. The topological polar surface area (TPSA) is 27.7 Å². The zero-order valence-corrected chi connectivity index (χ0v) is 28.6. The van der Waals surface area contributed by atoms with Crippen LogP contribution in [0.25, 0.3) is 22.3 Å². The van der Waals surface area contributed by atoms with Crippen molar-refractivity contribution in [3.8, 4) is 22.3 Å². The average molecular weight is 652 g/mol. The lowest BCUT2D eigenvalue weighted by Crippen LogP contribution is -2.30. The van der Waals surface area contributed by atoms with E-state index >= 15 is 0 Å². The summed E-state index contributed by atoms with van der Waals surface area (Å²) in [5.74, 6) is 1.08. The van der Waals surface area contributed by atoms with Crippen molar-refractivity contribution < 1.29 is 4.74 Å². The minimum Gasteiger partial charge on any atom is -0.486 e. The summed E-state index contributed by atoms with van der Waals surface area (Å²) in [7, 11) is 2.10. The number of hydrogen-bond donors (Lipinski definition) is 1. The number of anilines is 5. The minimum atomic E-state index is 0.00570. The van der Waals surface area contributed by atoms with Crippen molar-refractivity contribution in [1.82, 2.24) is 5.32 Å². The Bertz CT molecular complexity index is 2120. The average Bonchev–Trinajstić information content (AvgIpc) is 3.19. The molecule has 6 aromatic rings. The normalized spacial score (nSPS) is 15.3. The van der Waals surface area contributed by atoms with Gasteiger partial charge in [-0.15, -0.1) is 0 Å². The van der Waals surface area contributed by atoms with Gasteiger partial charge in [-0.05, 0) is 108 Å². The third-order valence-corrected chi connectivity index (χ3v) is 9.81. The van der Waals surface area contributed by atoms with Crippen LogP contribution in [0.1, 0.15) is 31.4 Å². The van der Waals surface area contributed by atoms with Crippen LogP contribution in [0.4, 0.5) is 28.4 Å². The molecule has 6 aromatic carbocycles. The summed E-state index contributed by atoms with van der Waals surface area (Å²) in [6.07, 6.45) is 4.25. The zero-order chi connectivity index (χ0) is 33.9. The van der Waals surface area contributed by atoms with E-state index < -0.39 is 0 Å². The lowest BCUT2D eigenvalue weighted by Gasteiger charge is -2.32. The molecular formula is C46H41N3O. The Morgan fingerprint density at radius 2 is 0.960 bits per heavy atom. The molecule has 246 valence electrons. The molecule has 4 nitrogen and oxygen atoms in total. The molecule has 1 unspecified atom stereocenters. The highest BCUT2D eigenvalue weighted by Gasteiger charge is 2.25. The molecule has 2 aliphatic rings. The van der Waals surface area contributed by atoms with Gasteiger partial charge in [-0.1, -0.05) is 103 Å². The molecule has 8 rings (SSSR count). The van der Waals surface area contributed by atoms with Gasteiger partial charge < -0.3 is 19.9 Å². The number of nitrogens with zero attached hydrogens (tertiary/aromatic N) is 2. The quantitative estimate of drug-likeness (QED) is 0.177. The van der Waals surface area contributed by atoms with Crippen molar-refractivity contribution in [2.45, 2.75) is 25.9 Å². The molecule has 1 aliphatic carbocycles. The van der Waals surface area contributed by atoms with Crippen molar-refractivity contribution in [1.29, 1.82) is 0 Å². The third-order valence-electron chi connectivity index (χ3n) is 9.81. The smallest absolute Gasteiger partial charge is 0.140 e. The van der Waals surface area contributed by atoms with Gasteiger partial charge in [0.1, 0.15) is 11.9 Å². The van der Waals surface area contributed by atoms with Crippen LogP contribution in [0, 0.1) is 0 Å². The number of allylic oxidation sites excluding steroid dienone is 3. The van der Waals surface area contributed by atoms with Crippen LogP contribution in [0.3, 0.4) is 0 Å². The SMILES string of the molecule is CC1=CC2=C(CC1)OC(c1ccc(N(c3ccccc3)c3ccc(-c4ccc(-c5ccc(N(C)c6ccccc6)cc5)cc4)cc3)cc1)CN2. The van der Waals surface area contributed by atoms with Gasteiger partial charge in [0.25, 0.3) is 0 Å². The highest BCUT2D eigenvalue weighted by atomic mass is 16.5. The molecule has 0 amide bonds. The number of ether oxygens (including phenoxy) is 1. The maximum Gasteiger partial charge on any atom is 0.140 e. The first-order chi connectivity index (χ1) is 24.6. The van der Waals surface area contributed by atoms with Crippen molar-refractivity contribution in [3.05, 3.63) is 186 Å². The second-order valence-corrected chi connectivity index (χ2v) is 13.1. The number of rotatable bonds is 8. The van der Waals surface area contributed by atoms with Crippen molar-refractivity contribution in [2.75, 3.05) is 23.4 Å². The van der Waals surface area contributed by atoms with Crippen molar-refractivity contribution >= 4 is 28.4 Å². The van der Waals surface area contributed by atoms with Crippen molar-refractivity contribution in [2.24, 2.45) is 0 Å². The molecule has 0 saturated carbocycles. The molecule has 1 N–H and O–H groups in total. The maximum atomic E-state index is 6.47. The fraction of sp³-hybridized carbons (Fsp3) is 0.130. The monoisotopic (exact) mass is 651 g/mol. The largest absolute Gasteiger partial charge is 0.486 e. The molecular weight excluding hydrogens is 611 g/mol. The van der Waals surface area contributed by atoms with Crippen LogP contribution in [0.5, 0.6) is 0 Å². The first kappa shape index (κ1) is 31.3. The van der Waals surface area contributed by atoms with Gasteiger partial charge in [0.05, 0.1) is 12.2 Å². The van der Waals surface area contributed by atoms with Crippen LogP contribution in [-0.4, -0.2) is 13.6 Å². The highest BCUT2D eigenvalue weighted by Crippen LogP contribution is 2.38. The van der Waals surface area contributed by atoms with E-state index in [4.69, 9.17) is 4.74 Å². The van der Waals surface area contributed by atoms with Gasteiger partial charge in [0.15, 0.2) is 0 Å². The molecule has 0 fully saturated rings. The second-order valence-electron chi connectivity index (χ2n) is 13.1. The predicted molar refractivity (Wildman–Crippen MR) is 208 cm³/mol. The maximum absolute atomic E-state index is 6.47. The van der Waals surface area contributed by atoms with E-state index in [9.17, 15) is 0 Å². The fourth-order valence-electron chi connectivity index (χ4n) is 6.92. The summed E-state index contributed by atoms with van der Waals surface area (Å²) in [5, 5.41) is 3.60. The van der Waals surface area contributed by atoms with Crippen LogP contribution >= 0.6 is 0 Å². The Balaban J connectivity index is 0.993. The predicted octanol–water partition coefficient (Wildman–Crippen LogP) is 11.9. The summed E-state index contributed by atoms with van der Waals surface area (Å²) in [5.41, 5.74) is 14.2. The number of hydrogen-bond acceptors (Lipinski definition) is 4. The fourth-order valence-corrected chi connectivity index (χ4v) is 6.92. The van der Waals surface area contributed by atoms with E-state index in [2.05, 4.69) is 187 Å². The van der Waals surface area contributed by atoms with Gasteiger partial charge in [-0.2, -0.15) is 0 Å². The number of benzene rings is 6. The van der Waals surface area contributed by atoms with Gasteiger partial charge in [0, 0.05) is 41.9 Å². The lowest BCUT2D eigenvalue weighted by atomic mass is 9.99. The summed E-state index contributed by atoms with van der Waals surface area (Å²) in [4.78, 5) is 4.52. The molecule has 1 atom stereocenters. The van der Waals surface area contributed by atoms with Gasteiger partial charge >= 0.3 is 0 Å². The molecule has 50 heavy (non-hydrogen) atoms. The van der Waals surface area contributed by atoms with Crippen LogP contribution in [0.15, 0.2) is 181 Å². The molecule has 1 heterocycles. The van der Waals surface area contributed by atoms with Gasteiger partial charge in [-0.3, -0.25) is 0 Å². The molecule has 4 heteroatoms. The Kier molecular flexibility index (Phi) is 8.67. The molecule has 0 bridgehead atoms. The molecule has 0 aromatic heterocycles. The first-order valence-corrected chi connectivity index (χ1v) is 17.4. The number of para-hydroxylation sites is 2. The summed E-state index contributed by atoms with van der Waals surface area (Å²) < 4.78 is 6.47. The second kappa shape index (κ2) is 13.9. The molecule has 0 radical (unpaired) electrons. The van der Waals surface area contributed by atoms with E-state index in [1.54, 1.807) is 0 Å². The van der Waals surface area contributed by atoms with E-state index in [-0.39, 0.29) is 6.10 Å². The zero-order valence-electron chi connectivity index (χ0n) is 28.6. The summed E-state index contributed by atoms with van der Waals surface area (Å²) >= 11 is 0. The molecule has 0 spiro atoms. The van der Waals surface area contributed by atoms with Crippen LogP contribution in [0.2, 0.25) is 0 Å². The Hall–Kier alpha value is -6.00. The molecule has 1 aliphatic heterocycles. The van der Waals surface area contributed by atoms with E-state index in [1.807, 2.05) is 6.07 Å². The Labute approximate surface area is 295 Å². The van der Waals surface area contributed by atoms with E-state index in [1.165, 1.54) is 39.1 Å². The van der Waals surface area contributed by atoms with Gasteiger partial charge in [-0.25, -0.2) is 0 Å². The van der Waals surface area contributed by atoms with Crippen LogP contribution < -0.4 is 15.1 Å². The van der Waals surface area contributed by atoms with E-state index in [0.29, 0.717) is 0 Å². The number of nitrogens with one attached hydrogen (secondary N) is 1. The lowest BCUT2D eigenvalue weighted by molar-refractivity contribution is 0.0908. The van der Waals surface area contributed by atoms with Gasteiger partial charge in [0.2, 0.25) is 0 Å². The summed E-state index contributed by atoms with van der Waals surface area (Å²) in [6, 6.07) is 56.3. The van der Waals surface area contributed by atoms with Crippen molar-refractivity contribution in [3.63, 3.8) is 0 Å². The Morgan fingerprint density at radius 1 is 0.520 bits per heavy atom. The standard InChI is InChI=1S/C46H41N3O/c1-33-13-30-45-44(31-33)47-32-46(50-45)38-22-28-43(29-23-38)49(41-11-7-4-8-12-41)42-26-20-37(21-27-42)35-16-14-34(15-17-35)36-18-24-40(25-19-36)48(2)39-9-5-3-6-10-39/h3-12,14-29,31,46-47H,13,30,32H2,1-2H3. The Morgan fingerprint density at radius 3 is 1.52 bits per heavy atom. The van der Waals surface area contributed by atoms with Crippen LogP contribution in [-0.2, 0) is 4.74 Å². The molecule has 0 saturated heterocycles.